The highest BCUT2D eigenvalue weighted by atomic mass is 16.5. The minimum atomic E-state index is -0.468. The topological polar surface area (TPSA) is 166 Å². The van der Waals surface area contributed by atoms with Crippen LogP contribution in [0.1, 0.15) is 56.3 Å². The Balaban J connectivity index is 1.36. The van der Waals surface area contributed by atoms with Crippen molar-refractivity contribution >= 4 is 46.5 Å². The van der Waals surface area contributed by atoms with Crippen LogP contribution < -0.4 is 26.4 Å². The van der Waals surface area contributed by atoms with Crippen molar-refractivity contribution in [1.82, 2.24) is 9.80 Å². The number of carbonyl (C=O) groups excluding carboxylic acids is 4. The molecule has 1 aliphatic heterocycles. The Kier molecular flexibility index (Phi) is 12.8. The Bertz CT molecular complexity index is 1570. The molecule has 6 N–H and O–H groups in total. The number of urea groups is 1. The highest BCUT2D eigenvalue weighted by Gasteiger charge is 2.34. The SMILES string of the molecule is C[C@@H]1CN([C@H](C)CO)C(=O)c2cc(NC(=O)CCCCCC(=O)Nc3ccccc3N)ccc2O[C@@H]1CN(C)C(=O)Nc1ccccc1. The number of unbranched alkanes of at least 4 members (excludes halogenated alkanes) is 2. The number of amides is 5. The Morgan fingerprint density at radius 2 is 1.60 bits per heavy atom. The van der Waals surface area contributed by atoms with Crippen molar-refractivity contribution in [2.75, 3.05) is 48.4 Å². The molecule has 12 heteroatoms. The van der Waals surface area contributed by atoms with Gasteiger partial charge in [-0.15, -0.1) is 0 Å². The summed E-state index contributed by atoms with van der Waals surface area (Å²) in [4.78, 5) is 54.9. The zero-order valence-electron chi connectivity index (χ0n) is 27.8. The summed E-state index contributed by atoms with van der Waals surface area (Å²) in [6, 6.07) is 20.4. The summed E-state index contributed by atoms with van der Waals surface area (Å²) in [5.74, 6) is -0.511. The monoisotopic (exact) mass is 658 g/mol. The van der Waals surface area contributed by atoms with Crippen molar-refractivity contribution in [2.24, 2.45) is 5.92 Å². The molecule has 0 spiro atoms. The lowest BCUT2D eigenvalue weighted by atomic mass is 9.99. The van der Waals surface area contributed by atoms with E-state index in [1.165, 1.54) is 4.90 Å². The van der Waals surface area contributed by atoms with Crippen LogP contribution >= 0.6 is 0 Å². The number of fused-ring (bicyclic) bond motifs is 1. The summed E-state index contributed by atoms with van der Waals surface area (Å²) in [5, 5.41) is 18.5. The van der Waals surface area contributed by atoms with Gasteiger partial charge in [0.2, 0.25) is 11.8 Å². The van der Waals surface area contributed by atoms with Crippen molar-refractivity contribution in [1.29, 1.82) is 0 Å². The number of ether oxygens (including phenoxy) is 1. The van der Waals surface area contributed by atoms with Gasteiger partial charge in [0.15, 0.2) is 0 Å². The first kappa shape index (κ1) is 35.7. The molecule has 256 valence electrons. The van der Waals surface area contributed by atoms with Gasteiger partial charge in [0, 0.05) is 43.7 Å². The molecule has 3 atom stereocenters. The number of nitrogens with two attached hydrogens (primary N) is 1. The molecule has 48 heavy (non-hydrogen) atoms. The predicted octanol–water partition coefficient (Wildman–Crippen LogP) is 5.18. The summed E-state index contributed by atoms with van der Waals surface area (Å²) < 4.78 is 6.38. The normalized spacial score (nSPS) is 16.4. The van der Waals surface area contributed by atoms with Gasteiger partial charge in [0.25, 0.3) is 5.91 Å². The van der Waals surface area contributed by atoms with Gasteiger partial charge >= 0.3 is 6.03 Å². The van der Waals surface area contributed by atoms with Crippen LogP contribution in [-0.2, 0) is 9.59 Å². The molecule has 1 heterocycles. The fourth-order valence-corrected chi connectivity index (χ4v) is 5.41. The van der Waals surface area contributed by atoms with E-state index in [0.717, 1.165) is 0 Å². The highest BCUT2D eigenvalue weighted by Crippen LogP contribution is 2.31. The van der Waals surface area contributed by atoms with Gasteiger partial charge in [-0.2, -0.15) is 0 Å². The molecule has 0 saturated carbocycles. The van der Waals surface area contributed by atoms with Crippen LogP contribution in [0, 0.1) is 5.92 Å². The average Bonchev–Trinajstić information content (AvgIpc) is 3.07. The van der Waals surface area contributed by atoms with Gasteiger partial charge in [-0.1, -0.05) is 43.7 Å². The average molecular weight is 659 g/mol. The van der Waals surface area contributed by atoms with Gasteiger partial charge in [-0.05, 0) is 62.2 Å². The lowest BCUT2D eigenvalue weighted by molar-refractivity contribution is -0.116. The van der Waals surface area contributed by atoms with Crippen LogP contribution in [0.5, 0.6) is 5.75 Å². The number of nitrogen functional groups attached to an aromatic ring is 1. The first-order chi connectivity index (χ1) is 23.0. The molecule has 0 radical (unpaired) electrons. The molecular weight excluding hydrogens is 612 g/mol. The highest BCUT2D eigenvalue weighted by molar-refractivity contribution is 6.00. The van der Waals surface area contributed by atoms with E-state index in [2.05, 4.69) is 16.0 Å². The number of benzene rings is 3. The molecule has 0 saturated heterocycles. The number of likely N-dealkylation sites (N-methyl/N-ethyl adjacent to an activating group) is 1. The van der Waals surface area contributed by atoms with E-state index in [1.54, 1.807) is 73.5 Å². The molecule has 3 aromatic carbocycles. The molecule has 0 fully saturated rings. The second-order valence-electron chi connectivity index (χ2n) is 12.3. The molecule has 4 rings (SSSR count). The number of anilines is 4. The fraction of sp³-hybridized carbons (Fsp3) is 0.389. The number of para-hydroxylation sites is 3. The minimum absolute atomic E-state index is 0.131. The van der Waals surface area contributed by atoms with Crippen LogP contribution in [-0.4, -0.2) is 77.5 Å². The summed E-state index contributed by atoms with van der Waals surface area (Å²) in [6.45, 7) is 4.04. The number of nitrogens with one attached hydrogen (secondary N) is 3. The summed E-state index contributed by atoms with van der Waals surface area (Å²) >= 11 is 0. The number of nitrogens with zero attached hydrogens (tertiary/aromatic N) is 2. The maximum atomic E-state index is 13.8. The predicted molar refractivity (Wildman–Crippen MR) is 187 cm³/mol. The van der Waals surface area contributed by atoms with Crippen LogP contribution in [0.3, 0.4) is 0 Å². The Labute approximate surface area is 281 Å². The fourth-order valence-electron chi connectivity index (χ4n) is 5.41. The van der Waals surface area contributed by atoms with Crippen molar-refractivity contribution < 1.29 is 29.0 Å². The third-order valence-electron chi connectivity index (χ3n) is 8.32. The largest absolute Gasteiger partial charge is 0.487 e. The standard InChI is InChI=1S/C36H46N6O6/c1-24-21-42(25(2)23-43)35(46)28-20-27(38-33(44)16-8-5-9-17-34(45)40-30-15-11-10-14-29(30)37)18-19-31(28)48-32(24)22-41(3)36(47)39-26-12-6-4-7-13-26/h4,6-7,10-15,18-20,24-25,32,43H,5,8-9,16-17,21-23,37H2,1-3H3,(H,38,44)(H,39,47)(H,40,45)/t24-,25-,32-/m1/s1. The Hall–Kier alpha value is -5.10. The quantitative estimate of drug-likeness (QED) is 0.125. The Morgan fingerprint density at radius 1 is 0.938 bits per heavy atom. The molecule has 0 aromatic heterocycles. The summed E-state index contributed by atoms with van der Waals surface area (Å²) in [6.07, 6.45) is 2.00. The summed E-state index contributed by atoms with van der Waals surface area (Å²) in [5.41, 5.74) is 8.33. The van der Waals surface area contributed by atoms with Gasteiger partial charge < -0.3 is 41.3 Å². The van der Waals surface area contributed by atoms with Gasteiger partial charge in [-0.3, -0.25) is 14.4 Å². The lowest BCUT2D eigenvalue weighted by Crippen LogP contribution is -2.50. The second-order valence-corrected chi connectivity index (χ2v) is 12.3. The zero-order valence-corrected chi connectivity index (χ0v) is 27.8. The number of aliphatic hydroxyl groups is 1. The molecule has 5 amide bonds. The van der Waals surface area contributed by atoms with Crippen molar-refractivity contribution in [3.63, 3.8) is 0 Å². The van der Waals surface area contributed by atoms with E-state index >= 15 is 0 Å². The molecule has 1 aliphatic rings. The number of aliphatic hydroxyl groups excluding tert-OH is 1. The lowest BCUT2D eigenvalue weighted by Gasteiger charge is -2.38. The van der Waals surface area contributed by atoms with Gasteiger partial charge in [0.1, 0.15) is 11.9 Å². The maximum absolute atomic E-state index is 13.8. The number of hydrogen-bond donors (Lipinski definition) is 5. The number of hydrogen-bond acceptors (Lipinski definition) is 7. The molecule has 12 nitrogen and oxygen atoms in total. The number of rotatable bonds is 13. The maximum Gasteiger partial charge on any atom is 0.321 e. The van der Waals surface area contributed by atoms with E-state index in [9.17, 15) is 24.3 Å². The number of carbonyl (C=O) groups is 4. The van der Waals surface area contributed by atoms with Crippen molar-refractivity contribution in [3.05, 3.63) is 78.4 Å². The molecule has 0 unspecified atom stereocenters. The molecular formula is C36H46N6O6. The van der Waals surface area contributed by atoms with E-state index in [1.807, 2.05) is 25.1 Å². The van der Waals surface area contributed by atoms with Crippen LogP contribution in [0.4, 0.5) is 27.5 Å². The third-order valence-corrected chi connectivity index (χ3v) is 8.32. The van der Waals surface area contributed by atoms with Crippen molar-refractivity contribution in [2.45, 2.75) is 58.1 Å². The second kappa shape index (κ2) is 17.2. The third kappa shape index (κ3) is 9.95. The smallest absolute Gasteiger partial charge is 0.321 e. The van der Waals surface area contributed by atoms with E-state index < -0.39 is 12.1 Å². The van der Waals surface area contributed by atoms with Gasteiger partial charge in [0.05, 0.1) is 36.1 Å². The first-order valence-corrected chi connectivity index (χ1v) is 16.3. The zero-order chi connectivity index (χ0) is 34.6. The Morgan fingerprint density at radius 3 is 2.29 bits per heavy atom. The van der Waals surface area contributed by atoms with E-state index in [-0.39, 0.29) is 54.8 Å². The van der Waals surface area contributed by atoms with Crippen LogP contribution in [0.15, 0.2) is 72.8 Å². The molecule has 0 aliphatic carbocycles. The van der Waals surface area contributed by atoms with E-state index in [0.29, 0.717) is 60.7 Å². The minimum Gasteiger partial charge on any atom is -0.487 e. The van der Waals surface area contributed by atoms with E-state index in [4.69, 9.17) is 10.5 Å². The van der Waals surface area contributed by atoms with Gasteiger partial charge in [-0.25, -0.2) is 4.79 Å². The van der Waals surface area contributed by atoms with Crippen LogP contribution in [0.2, 0.25) is 0 Å². The molecule has 0 bridgehead atoms. The summed E-state index contributed by atoms with van der Waals surface area (Å²) in [7, 11) is 1.68. The first-order valence-electron chi connectivity index (χ1n) is 16.3. The molecule has 3 aromatic rings. The van der Waals surface area contributed by atoms with Crippen molar-refractivity contribution in [3.8, 4) is 5.75 Å². The van der Waals surface area contributed by atoms with Crippen LogP contribution in [0.25, 0.3) is 0 Å².